The van der Waals surface area contributed by atoms with E-state index in [2.05, 4.69) is 39.4 Å². The Balaban J connectivity index is 1.78. The number of hydrogen-bond acceptors (Lipinski definition) is 3. The van der Waals surface area contributed by atoms with E-state index in [1.54, 1.807) is 0 Å². The van der Waals surface area contributed by atoms with Crippen molar-refractivity contribution in [2.75, 3.05) is 6.61 Å². The van der Waals surface area contributed by atoms with Gasteiger partial charge in [0.15, 0.2) is 0 Å². The van der Waals surface area contributed by atoms with Crippen molar-refractivity contribution in [1.29, 1.82) is 0 Å². The fraction of sp³-hybridized carbons (Fsp3) is 0.647. The Kier molecular flexibility index (Phi) is 5.19. The van der Waals surface area contributed by atoms with Gasteiger partial charge < -0.3 is 15.2 Å². The topological polar surface area (TPSA) is 41.5 Å². The van der Waals surface area contributed by atoms with Crippen molar-refractivity contribution < 1.29 is 9.84 Å². The third-order valence-corrected chi connectivity index (χ3v) is 5.13. The van der Waals surface area contributed by atoms with E-state index in [0.717, 1.165) is 48.9 Å². The van der Waals surface area contributed by atoms with Crippen LogP contribution >= 0.6 is 15.9 Å². The lowest BCUT2D eigenvalue weighted by Crippen LogP contribution is -2.41. The summed E-state index contributed by atoms with van der Waals surface area (Å²) in [5.41, 5.74) is 1.23. The lowest BCUT2D eigenvalue weighted by atomic mass is 9.98. The number of hydrogen-bond donors (Lipinski definition) is 2. The van der Waals surface area contributed by atoms with Crippen molar-refractivity contribution in [3.8, 4) is 5.75 Å². The molecule has 0 amide bonds. The van der Waals surface area contributed by atoms with Gasteiger partial charge in [0, 0.05) is 22.1 Å². The molecule has 1 fully saturated rings. The highest BCUT2D eigenvalue weighted by Crippen LogP contribution is 2.34. The average Bonchev–Trinajstić information content (AvgIpc) is 2.79. The van der Waals surface area contributed by atoms with E-state index in [4.69, 9.17) is 4.74 Å². The molecule has 1 saturated carbocycles. The second-order valence-electron chi connectivity index (χ2n) is 6.20. The molecule has 3 unspecified atom stereocenters. The van der Waals surface area contributed by atoms with Crippen LogP contribution in [-0.4, -0.2) is 23.9 Å². The highest BCUT2D eigenvalue weighted by Gasteiger charge is 2.27. The molecule has 3 rings (SSSR count). The first kappa shape index (κ1) is 15.3. The number of ether oxygens (including phenoxy) is 1. The lowest BCUT2D eigenvalue weighted by Gasteiger charge is -2.28. The predicted molar refractivity (Wildman–Crippen MR) is 87.6 cm³/mol. The van der Waals surface area contributed by atoms with Crippen molar-refractivity contribution in [2.24, 2.45) is 0 Å². The number of benzene rings is 1. The molecule has 0 aromatic heterocycles. The maximum absolute atomic E-state index is 10.3. The molecule has 3 atom stereocenters. The van der Waals surface area contributed by atoms with Crippen LogP contribution in [0.25, 0.3) is 0 Å². The van der Waals surface area contributed by atoms with E-state index in [1.165, 1.54) is 18.4 Å². The third kappa shape index (κ3) is 3.79. The Hall–Kier alpha value is -0.580. The van der Waals surface area contributed by atoms with Crippen LogP contribution < -0.4 is 10.1 Å². The number of aliphatic hydroxyl groups excluding tert-OH is 1. The summed E-state index contributed by atoms with van der Waals surface area (Å²) in [7, 11) is 0. The van der Waals surface area contributed by atoms with Gasteiger partial charge in [-0.3, -0.25) is 0 Å². The molecule has 1 heterocycles. The summed E-state index contributed by atoms with van der Waals surface area (Å²) in [4.78, 5) is 0. The van der Waals surface area contributed by atoms with Crippen LogP contribution in [0.2, 0.25) is 0 Å². The van der Waals surface area contributed by atoms with E-state index in [0.29, 0.717) is 0 Å². The van der Waals surface area contributed by atoms with Gasteiger partial charge in [0.1, 0.15) is 5.75 Å². The summed E-state index contributed by atoms with van der Waals surface area (Å²) < 4.78 is 6.92. The first-order chi connectivity index (χ1) is 10.2. The van der Waals surface area contributed by atoms with Gasteiger partial charge in [-0.2, -0.15) is 0 Å². The van der Waals surface area contributed by atoms with E-state index in [9.17, 15) is 5.11 Å². The highest BCUT2D eigenvalue weighted by atomic mass is 79.9. The fourth-order valence-electron chi connectivity index (χ4n) is 3.46. The molecule has 3 nitrogen and oxygen atoms in total. The molecule has 1 aliphatic carbocycles. The van der Waals surface area contributed by atoms with Crippen molar-refractivity contribution in [3.63, 3.8) is 0 Å². The normalized spacial score (nSPS) is 29.9. The number of fused-ring (bicyclic) bond motifs is 1. The van der Waals surface area contributed by atoms with Gasteiger partial charge >= 0.3 is 0 Å². The zero-order valence-corrected chi connectivity index (χ0v) is 13.9. The SMILES string of the molecule is OC1CCCCCC1NC1CCCOc2cc(Br)ccc21. The standard InChI is InChI=1S/C17H24BrNO2/c18-12-8-9-13-14(6-4-10-21-17(13)11-12)19-15-5-2-1-3-7-16(15)20/h8-9,11,14-16,19-20H,1-7,10H2. The van der Waals surface area contributed by atoms with Crippen molar-refractivity contribution >= 4 is 15.9 Å². The molecular formula is C17H24BrNO2. The van der Waals surface area contributed by atoms with Crippen LogP contribution in [0.15, 0.2) is 22.7 Å². The van der Waals surface area contributed by atoms with Crippen LogP contribution in [0, 0.1) is 0 Å². The number of aliphatic hydroxyl groups is 1. The van der Waals surface area contributed by atoms with Crippen molar-refractivity contribution in [2.45, 2.75) is 63.1 Å². The van der Waals surface area contributed by atoms with E-state index in [-0.39, 0.29) is 18.2 Å². The van der Waals surface area contributed by atoms with Crippen LogP contribution in [0.1, 0.15) is 56.6 Å². The maximum Gasteiger partial charge on any atom is 0.125 e. The molecule has 4 heteroatoms. The van der Waals surface area contributed by atoms with Crippen LogP contribution in [-0.2, 0) is 0 Å². The molecule has 21 heavy (non-hydrogen) atoms. The van der Waals surface area contributed by atoms with Gasteiger partial charge in [-0.25, -0.2) is 0 Å². The van der Waals surface area contributed by atoms with Crippen molar-refractivity contribution in [1.82, 2.24) is 5.32 Å². The Labute approximate surface area is 135 Å². The summed E-state index contributed by atoms with van der Waals surface area (Å²) in [6, 6.07) is 6.77. The lowest BCUT2D eigenvalue weighted by molar-refractivity contribution is 0.113. The summed E-state index contributed by atoms with van der Waals surface area (Å²) >= 11 is 3.51. The zero-order chi connectivity index (χ0) is 14.7. The fourth-order valence-corrected chi connectivity index (χ4v) is 3.80. The van der Waals surface area contributed by atoms with E-state index < -0.39 is 0 Å². The van der Waals surface area contributed by atoms with Gasteiger partial charge in [0.25, 0.3) is 0 Å². The van der Waals surface area contributed by atoms with E-state index in [1.807, 2.05) is 0 Å². The Bertz CT molecular complexity index is 480. The minimum absolute atomic E-state index is 0.212. The zero-order valence-electron chi connectivity index (χ0n) is 12.4. The number of nitrogens with one attached hydrogen (secondary N) is 1. The average molecular weight is 354 g/mol. The predicted octanol–water partition coefficient (Wildman–Crippen LogP) is 3.95. The first-order valence-corrected chi connectivity index (χ1v) is 8.90. The van der Waals surface area contributed by atoms with Gasteiger partial charge in [-0.15, -0.1) is 0 Å². The van der Waals surface area contributed by atoms with Gasteiger partial charge in [0.2, 0.25) is 0 Å². The smallest absolute Gasteiger partial charge is 0.125 e. The van der Waals surface area contributed by atoms with Crippen LogP contribution in [0.3, 0.4) is 0 Å². The molecule has 2 aliphatic rings. The van der Waals surface area contributed by atoms with Gasteiger partial charge in [0.05, 0.1) is 12.7 Å². The molecule has 1 aromatic carbocycles. The minimum atomic E-state index is -0.212. The second-order valence-corrected chi connectivity index (χ2v) is 7.12. The van der Waals surface area contributed by atoms with Crippen LogP contribution in [0.4, 0.5) is 0 Å². The summed E-state index contributed by atoms with van der Waals surface area (Å²) in [5.74, 6) is 0.975. The Morgan fingerprint density at radius 3 is 2.86 bits per heavy atom. The molecule has 0 saturated heterocycles. The molecule has 1 aliphatic heterocycles. The third-order valence-electron chi connectivity index (χ3n) is 4.64. The molecule has 2 N–H and O–H groups in total. The highest BCUT2D eigenvalue weighted by molar-refractivity contribution is 9.10. The molecule has 1 aromatic rings. The van der Waals surface area contributed by atoms with Crippen LogP contribution in [0.5, 0.6) is 5.75 Å². The Morgan fingerprint density at radius 1 is 1.10 bits per heavy atom. The number of halogens is 1. The van der Waals surface area contributed by atoms with Gasteiger partial charge in [-0.1, -0.05) is 41.3 Å². The first-order valence-electron chi connectivity index (χ1n) is 8.10. The molecule has 0 spiro atoms. The summed E-state index contributed by atoms with van der Waals surface area (Å²) in [5, 5.41) is 14.1. The quantitative estimate of drug-likeness (QED) is 0.791. The monoisotopic (exact) mass is 353 g/mol. The summed E-state index contributed by atoms with van der Waals surface area (Å²) in [6.07, 6.45) is 7.51. The molecule has 116 valence electrons. The van der Waals surface area contributed by atoms with Gasteiger partial charge in [-0.05, 0) is 37.8 Å². The maximum atomic E-state index is 10.3. The largest absolute Gasteiger partial charge is 0.493 e. The van der Waals surface area contributed by atoms with E-state index >= 15 is 0 Å². The Morgan fingerprint density at radius 2 is 1.95 bits per heavy atom. The number of rotatable bonds is 2. The summed E-state index contributed by atoms with van der Waals surface area (Å²) in [6.45, 7) is 0.773. The molecule has 0 bridgehead atoms. The molecular weight excluding hydrogens is 330 g/mol. The van der Waals surface area contributed by atoms with Crippen molar-refractivity contribution in [3.05, 3.63) is 28.2 Å². The second kappa shape index (κ2) is 7.12. The minimum Gasteiger partial charge on any atom is -0.493 e. The molecule has 0 radical (unpaired) electrons.